The molecule has 3 rings (SSSR count). The van der Waals surface area contributed by atoms with E-state index in [0.29, 0.717) is 0 Å². The van der Waals surface area contributed by atoms with Gasteiger partial charge in [-0.1, -0.05) is 74.3 Å². The quantitative estimate of drug-likeness (QED) is 0.389. The largest absolute Gasteiger partial charge is 0.113 e. The standard InChI is InChI=1S/C18H13Br2Cl/c1-11-6-7-12-4-2-3-5-14(12)17(11)18(21)15-9-8-13(19)10-16(15)20/h2-10,18H,1H3. The summed E-state index contributed by atoms with van der Waals surface area (Å²) in [6.45, 7) is 2.11. The lowest BCUT2D eigenvalue weighted by atomic mass is 9.94. The maximum Gasteiger partial charge on any atom is 0.0854 e. The lowest BCUT2D eigenvalue weighted by Crippen LogP contribution is -1.99. The monoisotopic (exact) mass is 422 g/mol. The molecule has 0 amide bonds. The Bertz CT molecular complexity index is 811. The van der Waals surface area contributed by atoms with Gasteiger partial charge in [0, 0.05) is 8.95 Å². The highest BCUT2D eigenvalue weighted by molar-refractivity contribution is 9.11. The summed E-state index contributed by atoms with van der Waals surface area (Å²) in [5, 5.41) is 2.25. The van der Waals surface area contributed by atoms with E-state index in [4.69, 9.17) is 11.6 Å². The van der Waals surface area contributed by atoms with Crippen LogP contribution in [0.3, 0.4) is 0 Å². The van der Waals surface area contributed by atoms with Crippen LogP contribution in [-0.2, 0) is 0 Å². The second kappa shape index (κ2) is 6.12. The van der Waals surface area contributed by atoms with Gasteiger partial charge in [0.25, 0.3) is 0 Å². The summed E-state index contributed by atoms with van der Waals surface area (Å²) >= 11 is 13.9. The first-order valence-electron chi connectivity index (χ1n) is 6.65. The molecule has 0 nitrogen and oxygen atoms in total. The van der Waals surface area contributed by atoms with Crippen molar-refractivity contribution in [1.82, 2.24) is 0 Å². The van der Waals surface area contributed by atoms with Crippen molar-refractivity contribution in [1.29, 1.82) is 0 Å². The molecule has 0 bridgehead atoms. The maximum atomic E-state index is 6.83. The first-order valence-corrected chi connectivity index (χ1v) is 8.67. The van der Waals surface area contributed by atoms with E-state index in [2.05, 4.69) is 81.2 Å². The Labute approximate surface area is 146 Å². The topological polar surface area (TPSA) is 0 Å². The smallest absolute Gasteiger partial charge is 0.0854 e. The predicted octanol–water partition coefficient (Wildman–Crippen LogP) is 7.00. The molecule has 0 saturated carbocycles. The summed E-state index contributed by atoms with van der Waals surface area (Å²) in [5.41, 5.74) is 3.47. The molecule has 0 aliphatic rings. The Balaban J connectivity index is 2.21. The number of hydrogen-bond acceptors (Lipinski definition) is 0. The van der Waals surface area contributed by atoms with Gasteiger partial charge < -0.3 is 0 Å². The van der Waals surface area contributed by atoms with Crippen LogP contribution in [0.5, 0.6) is 0 Å². The van der Waals surface area contributed by atoms with Gasteiger partial charge in [0.15, 0.2) is 0 Å². The molecule has 1 atom stereocenters. The summed E-state index contributed by atoms with van der Waals surface area (Å²) in [6.07, 6.45) is 0. The third-order valence-corrected chi connectivity index (χ3v) is 5.31. The zero-order valence-corrected chi connectivity index (χ0v) is 15.3. The number of alkyl halides is 1. The average Bonchev–Trinajstić information content (AvgIpc) is 2.46. The van der Waals surface area contributed by atoms with E-state index in [1.807, 2.05) is 12.1 Å². The predicted molar refractivity (Wildman–Crippen MR) is 98.2 cm³/mol. The van der Waals surface area contributed by atoms with E-state index in [9.17, 15) is 0 Å². The van der Waals surface area contributed by atoms with Crippen molar-refractivity contribution in [3.05, 3.63) is 80.2 Å². The molecule has 106 valence electrons. The summed E-state index contributed by atoms with van der Waals surface area (Å²) in [7, 11) is 0. The molecule has 0 N–H and O–H groups in total. The van der Waals surface area contributed by atoms with Gasteiger partial charge in [0.1, 0.15) is 0 Å². The number of rotatable bonds is 2. The second-order valence-electron chi connectivity index (χ2n) is 5.05. The van der Waals surface area contributed by atoms with Gasteiger partial charge in [0.05, 0.1) is 5.38 Å². The molecular formula is C18H13Br2Cl. The van der Waals surface area contributed by atoms with Crippen LogP contribution in [0.1, 0.15) is 22.1 Å². The van der Waals surface area contributed by atoms with Gasteiger partial charge in [0.2, 0.25) is 0 Å². The Morgan fingerprint density at radius 2 is 1.71 bits per heavy atom. The molecule has 0 radical (unpaired) electrons. The maximum absolute atomic E-state index is 6.83. The summed E-state index contributed by atoms with van der Waals surface area (Å²) in [4.78, 5) is 0. The van der Waals surface area contributed by atoms with E-state index < -0.39 is 0 Å². The molecule has 0 saturated heterocycles. The molecule has 3 heteroatoms. The van der Waals surface area contributed by atoms with Gasteiger partial charge in [-0.2, -0.15) is 0 Å². The Hall–Kier alpha value is -0.830. The van der Waals surface area contributed by atoms with Gasteiger partial charge in [-0.05, 0) is 46.5 Å². The molecule has 0 fully saturated rings. The number of aryl methyl sites for hydroxylation is 1. The van der Waals surface area contributed by atoms with Crippen molar-refractivity contribution >= 4 is 54.2 Å². The third kappa shape index (κ3) is 2.90. The van der Waals surface area contributed by atoms with Crippen LogP contribution in [0, 0.1) is 6.92 Å². The second-order valence-corrected chi connectivity index (χ2v) is 7.25. The van der Waals surface area contributed by atoms with E-state index >= 15 is 0 Å². The van der Waals surface area contributed by atoms with E-state index in [-0.39, 0.29) is 5.38 Å². The molecule has 0 aliphatic carbocycles. The van der Waals surface area contributed by atoms with Crippen molar-refractivity contribution in [3.8, 4) is 0 Å². The lowest BCUT2D eigenvalue weighted by molar-refractivity contribution is 1.12. The number of fused-ring (bicyclic) bond motifs is 1. The van der Waals surface area contributed by atoms with E-state index in [1.165, 1.54) is 21.9 Å². The van der Waals surface area contributed by atoms with Crippen LogP contribution in [0.15, 0.2) is 63.5 Å². The van der Waals surface area contributed by atoms with E-state index in [0.717, 1.165) is 14.5 Å². The van der Waals surface area contributed by atoms with Crippen molar-refractivity contribution in [2.24, 2.45) is 0 Å². The normalized spacial score (nSPS) is 12.6. The number of benzene rings is 3. The fourth-order valence-corrected chi connectivity index (χ4v) is 4.49. The molecule has 21 heavy (non-hydrogen) atoms. The molecular weight excluding hydrogens is 411 g/mol. The Morgan fingerprint density at radius 3 is 2.48 bits per heavy atom. The third-order valence-electron chi connectivity index (χ3n) is 3.68. The minimum Gasteiger partial charge on any atom is -0.113 e. The van der Waals surface area contributed by atoms with Gasteiger partial charge >= 0.3 is 0 Å². The molecule has 1 unspecified atom stereocenters. The highest BCUT2D eigenvalue weighted by atomic mass is 79.9. The molecule has 3 aromatic rings. The number of halogens is 3. The Morgan fingerprint density at radius 1 is 0.952 bits per heavy atom. The van der Waals surface area contributed by atoms with Crippen molar-refractivity contribution in [3.63, 3.8) is 0 Å². The fourth-order valence-electron chi connectivity index (χ4n) is 2.60. The van der Waals surface area contributed by atoms with Crippen LogP contribution < -0.4 is 0 Å². The van der Waals surface area contributed by atoms with Crippen molar-refractivity contribution in [2.75, 3.05) is 0 Å². The van der Waals surface area contributed by atoms with Gasteiger partial charge in [-0.3, -0.25) is 0 Å². The van der Waals surface area contributed by atoms with Crippen molar-refractivity contribution in [2.45, 2.75) is 12.3 Å². The molecule has 0 aliphatic heterocycles. The number of hydrogen-bond donors (Lipinski definition) is 0. The van der Waals surface area contributed by atoms with E-state index in [1.54, 1.807) is 0 Å². The van der Waals surface area contributed by atoms with Gasteiger partial charge in [-0.15, -0.1) is 11.6 Å². The highest BCUT2D eigenvalue weighted by Gasteiger charge is 2.18. The van der Waals surface area contributed by atoms with Crippen molar-refractivity contribution < 1.29 is 0 Å². The molecule has 3 aromatic carbocycles. The summed E-state index contributed by atoms with van der Waals surface area (Å²) in [5.74, 6) is 0. The van der Waals surface area contributed by atoms with Crippen LogP contribution in [0.25, 0.3) is 10.8 Å². The van der Waals surface area contributed by atoms with Crippen LogP contribution in [-0.4, -0.2) is 0 Å². The van der Waals surface area contributed by atoms with Crippen LogP contribution in [0.4, 0.5) is 0 Å². The first-order chi connectivity index (χ1) is 10.1. The zero-order valence-electron chi connectivity index (χ0n) is 11.4. The highest BCUT2D eigenvalue weighted by Crippen LogP contribution is 2.39. The minimum atomic E-state index is -0.182. The molecule has 0 heterocycles. The van der Waals surface area contributed by atoms with Crippen LogP contribution >= 0.6 is 43.5 Å². The van der Waals surface area contributed by atoms with Crippen LogP contribution in [0.2, 0.25) is 0 Å². The SMILES string of the molecule is Cc1ccc2ccccc2c1C(Cl)c1ccc(Br)cc1Br. The summed E-state index contributed by atoms with van der Waals surface area (Å²) in [6, 6.07) is 18.8. The lowest BCUT2D eigenvalue weighted by Gasteiger charge is -2.18. The van der Waals surface area contributed by atoms with Gasteiger partial charge in [-0.25, -0.2) is 0 Å². The summed E-state index contributed by atoms with van der Waals surface area (Å²) < 4.78 is 2.06. The zero-order chi connectivity index (χ0) is 15.0. The average molecular weight is 425 g/mol. The fraction of sp³-hybridized carbons (Fsp3) is 0.111. The first kappa shape index (κ1) is 15.1. The molecule has 0 aromatic heterocycles. The Kier molecular flexibility index (Phi) is 4.39. The molecule has 0 spiro atoms. The minimum absolute atomic E-state index is 0.182.